The SMILES string of the molecule is CC(=O)O[C@H](C[C@H](C(C)C)N(C)C(=O)[C@@H](CC(=O)[C@H]1CCCCN1C)C1COC1)c1nc(C(=O)N[C@@H](Cc2nc(C(F)(F)F)cs2)CC(C)C)cs1. The smallest absolute Gasteiger partial charge is 0.434 e. The maximum atomic E-state index is 14.2. The zero-order valence-corrected chi connectivity index (χ0v) is 32.7. The van der Waals surface area contributed by atoms with E-state index in [1.165, 1.54) is 6.92 Å². The Morgan fingerprint density at radius 3 is 2.35 bits per heavy atom. The summed E-state index contributed by atoms with van der Waals surface area (Å²) in [5.41, 5.74) is -0.869. The lowest BCUT2D eigenvalue weighted by atomic mass is 9.82. The standard InChI is InChI=1S/C36H52F3N5O6S2/c1-20(2)12-24(13-32-42-31(19-51-32)36(37,38)39)40-33(47)26-18-52-34(41-26)30(50-22(5)45)15-28(21(3)4)44(7)35(48)25(23-16-49-17-23)14-29(46)27-10-8-9-11-43(27)6/h18-21,23-25,27-28,30H,8-17H2,1-7H3,(H,40,47)/t24-,25+,27-,28-,30-/m1/s1. The third kappa shape index (κ3) is 11.3. The van der Waals surface area contributed by atoms with Gasteiger partial charge in [0.15, 0.2) is 17.6 Å². The highest BCUT2D eigenvalue weighted by Gasteiger charge is 2.41. The molecular weight excluding hydrogens is 720 g/mol. The number of hydrogen-bond donors (Lipinski definition) is 1. The van der Waals surface area contributed by atoms with Gasteiger partial charge in [-0.25, -0.2) is 9.97 Å². The van der Waals surface area contributed by atoms with Crippen LogP contribution in [0.1, 0.15) is 105 Å². The van der Waals surface area contributed by atoms with Crippen LogP contribution in [0.15, 0.2) is 10.8 Å². The molecule has 290 valence electrons. The number of Topliss-reactive ketones (excluding diaryl/α,β-unsaturated/α-hetero) is 1. The van der Waals surface area contributed by atoms with Crippen molar-refractivity contribution < 1.29 is 41.8 Å². The molecule has 2 aliphatic rings. The van der Waals surface area contributed by atoms with E-state index >= 15 is 0 Å². The lowest BCUT2D eigenvalue weighted by Crippen LogP contribution is -2.51. The summed E-state index contributed by atoms with van der Waals surface area (Å²) in [6, 6.07) is -1.08. The zero-order valence-electron chi connectivity index (χ0n) is 31.0. The van der Waals surface area contributed by atoms with E-state index in [1.807, 2.05) is 34.7 Å². The summed E-state index contributed by atoms with van der Waals surface area (Å²) in [6.45, 7) is 10.8. The fourth-order valence-electron chi connectivity index (χ4n) is 7.01. The molecule has 11 nitrogen and oxygen atoms in total. The molecule has 0 aromatic carbocycles. The van der Waals surface area contributed by atoms with E-state index in [0.29, 0.717) is 24.6 Å². The molecule has 0 aliphatic carbocycles. The van der Waals surface area contributed by atoms with E-state index in [0.717, 1.165) is 53.9 Å². The second kappa shape index (κ2) is 18.4. The normalized spacial score (nSPS) is 19.5. The summed E-state index contributed by atoms with van der Waals surface area (Å²) in [5, 5.41) is 6.08. The van der Waals surface area contributed by atoms with Crippen LogP contribution >= 0.6 is 22.7 Å². The van der Waals surface area contributed by atoms with Crippen LogP contribution in [0.2, 0.25) is 0 Å². The Kier molecular flexibility index (Phi) is 14.8. The highest BCUT2D eigenvalue weighted by Crippen LogP contribution is 2.34. The number of aromatic nitrogens is 2. The first-order valence-electron chi connectivity index (χ1n) is 18.0. The number of carbonyl (C=O) groups excluding carboxylic acids is 4. The Hall–Kier alpha value is -2.95. The predicted octanol–water partition coefficient (Wildman–Crippen LogP) is 6.19. The largest absolute Gasteiger partial charge is 0.455 e. The monoisotopic (exact) mass is 771 g/mol. The number of likely N-dealkylation sites (tertiary alicyclic amines) is 1. The second-order valence-corrected chi connectivity index (χ2v) is 16.7. The number of thiazole rings is 2. The van der Waals surface area contributed by atoms with Crippen LogP contribution in [0.5, 0.6) is 0 Å². The van der Waals surface area contributed by atoms with E-state index in [2.05, 4.69) is 20.2 Å². The van der Waals surface area contributed by atoms with Crippen LogP contribution in [0.3, 0.4) is 0 Å². The molecule has 5 atom stereocenters. The number of carbonyl (C=O) groups is 4. The molecule has 16 heteroatoms. The highest BCUT2D eigenvalue weighted by molar-refractivity contribution is 7.10. The van der Waals surface area contributed by atoms with E-state index in [9.17, 15) is 32.3 Å². The van der Waals surface area contributed by atoms with E-state index < -0.39 is 47.9 Å². The molecule has 2 aromatic heterocycles. The molecule has 2 aliphatic heterocycles. The van der Waals surface area contributed by atoms with Crippen molar-refractivity contribution in [1.82, 2.24) is 25.1 Å². The van der Waals surface area contributed by atoms with Crippen molar-refractivity contribution in [1.29, 1.82) is 0 Å². The number of nitrogens with zero attached hydrogens (tertiary/aromatic N) is 4. The van der Waals surface area contributed by atoms with Gasteiger partial charge in [-0.05, 0) is 44.7 Å². The van der Waals surface area contributed by atoms with Crippen LogP contribution in [-0.4, -0.2) is 95.3 Å². The molecule has 2 saturated heterocycles. The number of halogens is 3. The van der Waals surface area contributed by atoms with Gasteiger partial charge >= 0.3 is 12.1 Å². The van der Waals surface area contributed by atoms with Crippen molar-refractivity contribution in [2.45, 2.75) is 110 Å². The molecule has 52 heavy (non-hydrogen) atoms. The summed E-state index contributed by atoms with van der Waals surface area (Å²) in [4.78, 5) is 65.4. The molecule has 1 N–H and O–H groups in total. The van der Waals surface area contributed by atoms with Gasteiger partial charge in [-0.15, -0.1) is 22.7 Å². The summed E-state index contributed by atoms with van der Waals surface area (Å²) in [5.74, 6) is -1.65. The Labute approximate surface area is 312 Å². The van der Waals surface area contributed by atoms with Crippen molar-refractivity contribution in [2.75, 3.05) is 33.9 Å². The third-order valence-electron chi connectivity index (χ3n) is 9.88. The number of amides is 2. The molecule has 0 saturated carbocycles. The topological polar surface area (TPSA) is 131 Å². The molecule has 0 unspecified atom stereocenters. The average Bonchev–Trinajstić information content (AvgIpc) is 3.71. The number of rotatable bonds is 17. The minimum atomic E-state index is -4.55. The Morgan fingerprint density at radius 1 is 1.08 bits per heavy atom. The number of nitrogens with one attached hydrogen (secondary N) is 1. The summed E-state index contributed by atoms with van der Waals surface area (Å²) >= 11 is 2.05. The number of alkyl halides is 3. The molecule has 2 aromatic rings. The molecular formula is C36H52F3N5O6S2. The van der Waals surface area contributed by atoms with Gasteiger partial charge in [0, 0.05) is 62.0 Å². The molecule has 2 amide bonds. The number of hydrogen-bond acceptors (Lipinski definition) is 11. The predicted molar refractivity (Wildman–Crippen MR) is 192 cm³/mol. The maximum absolute atomic E-state index is 14.2. The van der Waals surface area contributed by atoms with Crippen LogP contribution in [0.25, 0.3) is 0 Å². The van der Waals surface area contributed by atoms with Gasteiger partial charge in [0.2, 0.25) is 5.91 Å². The molecule has 0 radical (unpaired) electrons. The van der Waals surface area contributed by atoms with Crippen molar-refractivity contribution >= 4 is 46.2 Å². The van der Waals surface area contributed by atoms with E-state index in [4.69, 9.17) is 9.47 Å². The number of esters is 1. The minimum Gasteiger partial charge on any atom is -0.455 e. The Morgan fingerprint density at radius 2 is 1.79 bits per heavy atom. The van der Waals surface area contributed by atoms with Gasteiger partial charge in [0.1, 0.15) is 10.7 Å². The van der Waals surface area contributed by atoms with Gasteiger partial charge in [-0.1, -0.05) is 34.1 Å². The third-order valence-corrected chi connectivity index (χ3v) is 11.7. The first kappa shape index (κ1) is 41.8. The van der Waals surface area contributed by atoms with Crippen molar-refractivity contribution in [3.8, 4) is 0 Å². The van der Waals surface area contributed by atoms with E-state index in [-0.39, 0.29) is 65.5 Å². The van der Waals surface area contributed by atoms with Gasteiger partial charge in [0.25, 0.3) is 5.91 Å². The quantitative estimate of drug-likeness (QED) is 0.187. The summed E-state index contributed by atoms with van der Waals surface area (Å²) < 4.78 is 50.6. The van der Waals surface area contributed by atoms with Gasteiger partial charge in [-0.3, -0.25) is 24.1 Å². The van der Waals surface area contributed by atoms with Gasteiger partial charge < -0.3 is 19.7 Å². The van der Waals surface area contributed by atoms with Crippen LogP contribution < -0.4 is 5.32 Å². The summed E-state index contributed by atoms with van der Waals surface area (Å²) in [7, 11) is 3.68. The molecule has 2 fully saturated rings. The van der Waals surface area contributed by atoms with Gasteiger partial charge in [-0.2, -0.15) is 13.2 Å². The number of ketones is 1. The minimum absolute atomic E-state index is 0.0614. The molecule has 0 spiro atoms. The van der Waals surface area contributed by atoms with Crippen molar-refractivity contribution in [3.63, 3.8) is 0 Å². The number of piperidine rings is 1. The lowest BCUT2D eigenvalue weighted by Gasteiger charge is -2.40. The lowest BCUT2D eigenvalue weighted by molar-refractivity contribution is -0.153. The van der Waals surface area contributed by atoms with Crippen LogP contribution in [0, 0.1) is 23.7 Å². The first-order valence-corrected chi connectivity index (χ1v) is 19.7. The van der Waals surface area contributed by atoms with Crippen LogP contribution in [-0.2, 0) is 36.5 Å². The van der Waals surface area contributed by atoms with Crippen molar-refractivity contribution in [2.24, 2.45) is 23.7 Å². The molecule has 4 heterocycles. The highest BCUT2D eigenvalue weighted by atomic mass is 32.1. The van der Waals surface area contributed by atoms with Crippen LogP contribution in [0.4, 0.5) is 13.2 Å². The van der Waals surface area contributed by atoms with Crippen molar-refractivity contribution in [3.05, 3.63) is 32.2 Å². The number of likely N-dealkylation sites (N-methyl/N-ethyl adjacent to an activating group) is 1. The molecule has 0 bridgehead atoms. The average molecular weight is 772 g/mol. The fraction of sp³-hybridized carbons (Fsp3) is 0.722. The van der Waals surface area contributed by atoms with Gasteiger partial charge in [0.05, 0.1) is 30.2 Å². The maximum Gasteiger partial charge on any atom is 0.434 e. The fourth-order valence-corrected chi connectivity index (χ4v) is 8.73. The second-order valence-electron chi connectivity index (χ2n) is 14.9. The Balaban J connectivity index is 1.49. The Bertz CT molecular complexity index is 1530. The summed E-state index contributed by atoms with van der Waals surface area (Å²) in [6.07, 6.45) is -1.61. The zero-order chi connectivity index (χ0) is 38.3. The van der Waals surface area contributed by atoms with E-state index in [1.54, 1.807) is 17.3 Å². The molecule has 4 rings (SSSR count). The number of ether oxygens (including phenoxy) is 2. The first-order chi connectivity index (χ1) is 24.4.